The van der Waals surface area contributed by atoms with E-state index in [1.807, 2.05) is 121 Å². The van der Waals surface area contributed by atoms with E-state index in [4.69, 9.17) is 28.4 Å². The summed E-state index contributed by atoms with van der Waals surface area (Å²) < 4.78 is 38.8. The minimum absolute atomic E-state index is 0.0902. The van der Waals surface area contributed by atoms with Crippen LogP contribution in [0.15, 0.2) is 132 Å². The molecule has 6 rings (SSSR count). The van der Waals surface area contributed by atoms with E-state index >= 15 is 0 Å². The van der Waals surface area contributed by atoms with Crippen LogP contribution in [0.5, 0.6) is 0 Å². The average Bonchev–Trinajstić information content (AvgIpc) is 3.21. The van der Waals surface area contributed by atoms with Crippen molar-refractivity contribution >= 4 is 0 Å². The first-order chi connectivity index (χ1) is 26.5. The van der Waals surface area contributed by atoms with Crippen LogP contribution in [-0.4, -0.2) is 77.9 Å². The van der Waals surface area contributed by atoms with E-state index in [0.29, 0.717) is 0 Å². The fraction of sp³-hybridized carbons (Fsp3) is 0.400. The summed E-state index contributed by atoms with van der Waals surface area (Å²) in [5.41, 5.74) is 22.7. The molecule has 0 aromatic heterocycles. The lowest BCUT2D eigenvalue weighted by molar-refractivity contribution is -0.318. The fourth-order valence-corrected chi connectivity index (χ4v) is 6.77. The molecule has 0 unspecified atom stereocenters. The van der Waals surface area contributed by atoms with Crippen molar-refractivity contribution in [1.29, 1.82) is 0 Å². The number of ether oxygens (including phenoxy) is 6. The van der Waals surface area contributed by atoms with Gasteiger partial charge in [0.1, 0.15) is 36.6 Å². The molecule has 10 atom stereocenters. The van der Waals surface area contributed by atoms with Gasteiger partial charge in [0, 0.05) is 16.2 Å². The Balaban J connectivity index is 1.32. The highest BCUT2D eigenvalue weighted by atomic mass is 16.7. The Bertz CT molecular complexity index is 1800. The Labute approximate surface area is 313 Å². The predicted molar refractivity (Wildman–Crippen MR) is 197 cm³/mol. The summed E-state index contributed by atoms with van der Waals surface area (Å²) in [5, 5.41) is 30.8. The Morgan fingerprint density at radius 1 is 0.556 bits per heavy atom. The highest BCUT2D eigenvalue weighted by Crippen LogP contribution is 2.36. The topological polar surface area (TPSA) is 193 Å². The van der Waals surface area contributed by atoms with Crippen LogP contribution in [-0.2, 0) is 54.8 Å². The van der Waals surface area contributed by atoms with Crippen molar-refractivity contribution in [3.63, 3.8) is 0 Å². The second-order valence-electron chi connectivity index (χ2n) is 13.2. The maximum atomic E-state index is 11.5. The number of benzene rings is 4. The average molecular weight is 737 g/mol. The van der Waals surface area contributed by atoms with Crippen LogP contribution in [0.4, 0.5) is 0 Å². The first-order valence-electron chi connectivity index (χ1n) is 17.9. The van der Waals surface area contributed by atoms with Crippen molar-refractivity contribution in [3.05, 3.63) is 164 Å². The molecule has 4 aromatic rings. The van der Waals surface area contributed by atoms with Crippen molar-refractivity contribution in [2.24, 2.45) is 10.2 Å². The summed E-state index contributed by atoms with van der Waals surface area (Å²) in [6.07, 6.45) is -9.56. The van der Waals surface area contributed by atoms with Crippen molar-refractivity contribution in [2.75, 3.05) is 6.54 Å². The zero-order chi connectivity index (χ0) is 37.5. The van der Waals surface area contributed by atoms with E-state index < -0.39 is 61.2 Å². The van der Waals surface area contributed by atoms with Gasteiger partial charge in [-0.15, -0.1) is 0 Å². The van der Waals surface area contributed by atoms with Gasteiger partial charge in [-0.25, -0.2) is 0 Å². The lowest BCUT2D eigenvalue weighted by atomic mass is 9.86. The van der Waals surface area contributed by atoms with Crippen LogP contribution in [0.2, 0.25) is 0 Å². The van der Waals surface area contributed by atoms with Crippen LogP contribution in [0, 0.1) is 0 Å². The molecule has 282 valence electrons. The minimum atomic E-state index is -1.33. The van der Waals surface area contributed by atoms with Crippen molar-refractivity contribution in [1.82, 2.24) is 0 Å². The zero-order valence-electron chi connectivity index (χ0n) is 29.6. The fourth-order valence-electron chi connectivity index (χ4n) is 6.77. The second kappa shape index (κ2) is 20.0. The molecular weight excluding hydrogens is 692 g/mol. The Hall–Kier alpha value is -4.82. The molecule has 0 radical (unpaired) electrons. The van der Waals surface area contributed by atoms with Gasteiger partial charge in [-0.05, 0) is 33.3 Å². The van der Waals surface area contributed by atoms with E-state index in [1.165, 1.54) is 0 Å². The molecule has 0 bridgehead atoms. The van der Waals surface area contributed by atoms with Crippen LogP contribution in [0.25, 0.3) is 20.9 Å². The number of nitrogens with zero attached hydrogens (tertiary/aromatic N) is 6. The number of azide groups is 2. The largest absolute Gasteiger partial charge is 0.390 e. The molecule has 1 saturated carbocycles. The molecule has 0 amide bonds. The molecule has 14 heteroatoms. The van der Waals surface area contributed by atoms with Gasteiger partial charge >= 0.3 is 0 Å². The number of aliphatic hydroxyl groups is 2. The van der Waals surface area contributed by atoms with Crippen LogP contribution < -0.4 is 0 Å². The quantitative estimate of drug-likeness (QED) is 0.0692. The summed E-state index contributed by atoms with van der Waals surface area (Å²) in [4.78, 5) is 6.10. The van der Waals surface area contributed by atoms with E-state index in [1.54, 1.807) is 0 Å². The lowest BCUT2D eigenvalue weighted by Crippen LogP contribution is -2.64. The molecular formula is C40H44N6O8. The standard InChI is InChI=1S/C40H44N6O8/c41-45-43-22-33-37(50-24-28-15-7-2-8-16-28)38(51-25-29-17-9-3-10-18-29)34(44-46-42)40(53-33)54-36-32(48)21-31(47)35(49-23-27-13-5-1-6-14-27)39(36)52-26-30-19-11-4-12-20-30/h1-20,31-40,47-48H,21-26H2/t31-,32+,33+,34+,35-,36+,37+,38+,39+,40+/m0/s1. The van der Waals surface area contributed by atoms with Crippen molar-refractivity contribution in [3.8, 4) is 0 Å². The maximum Gasteiger partial charge on any atom is 0.169 e. The lowest BCUT2D eigenvalue weighted by Gasteiger charge is -2.48. The van der Waals surface area contributed by atoms with Gasteiger partial charge in [-0.1, -0.05) is 132 Å². The number of hydrogen-bond donors (Lipinski definition) is 2. The smallest absolute Gasteiger partial charge is 0.169 e. The molecule has 54 heavy (non-hydrogen) atoms. The van der Waals surface area contributed by atoms with Crippen molar-refractivity contribution < 1.29 is 38.6 Å². The van der Waals surface area contributed by atoms with Gasteiger partial charge in [0.15, 0.2) is 6.29 Å². The SMILES string of the molecule is [N-]=[N+]=NC[C@H]1O[C@H](O[C@H]2[C@H](OCc3ccccc3)[C@@H](OCc3ccccc3)[C@@H](O)C[C@H]2O)[C@H](N=[N+]=[N-])[C@@H](OCc2ccccc2)[C@@H]1OCc1ccccc1. The first-order valence-corrected chi connectivity index (χ1v) is 17.9. The molecule has 0 spiro atoms. The third-order valence-corrected chi connectivity index (χ3v) is 9.45. The predicted octanol–water partition coefficient (Wildman–Crippen LogP) is 6.55. The molecule has 1 heterocycles. The van der Waals surface area contributed by atoms with E-state index in [9.17, 15) is 21.3 Å². The van der Waals surface area contributed by atoms with Gasteiger partial charge < -0.3 is 38.6 Å². The zero-order valence-corrected chi connectivity index (χ0v) is 29.6. The van der Waals surface area contributed by atoms with Gasteiger partial charge in [0.2, 0.25) is 0 Å². The van der Waals surface area contributed by atoms with Crippen LogP contribution >= 0.6 is 0 Å². The van der Waals surface area contributed by atoms with E-state index in [2.05, 4.69) is 20.1 Å². The molecule has 2 N–H and O–H groups in total. The third-order valence-electron chi connectivity index (χ3n) is 9.45. The normalized spacial score (nSPS) is 28.0. The molecule has 2 fully saturated rings. The molecule has 2 aliphatic rings. The van der Waals surface area contributed by atoms with Crippen LogP contribution in [0.3, 0.4) is 0 Å². The van der Waals surface area contributed by atoms with Crippen LogP contribution in [0.1, 0.15) is 28.7 Å². The number of hydrogen-bond acceptors (Lipinski definition) is 10. The molecule has 14 nitrogen and oxygen atoms in total. The Morgan fingerprint density at radius 3 is 1.44 bits per heavy atom. The summed E-state index contributed by atoms with van der Waals surface area (Å²) in [6.45, 7) is 0.426. The Morgan fingerprint density at radius 2 is 0.981 bits per heavy atom. The monoisotopic (exact) mass is 736 g/mol. The summed E-state index contributed by atoms with van der Waals surface area (Å²) in [6, 6.07) is 36.8. The summed E-state index contributed by atoms with van der Waals surface area (Å²) >= 11 is 0. The number of rotatable bonds is 17. The highest BCUT2D eigenvalue weighted by molar-refractivity contribution is 5.17. The molecule has 1 aliphatic carbocycles. The third kappa shape index (κ3) is 10.4. The van der Waals surface area contributed by atoms with E-state index in [0.717, 1.165) is 22.3 Å². The number of aliphatic hydroxyl groups excluding tert-OH is 2. The van der Waals surface area contributed by atoms with E-state index in [-0.39, 0.29) is 39.4 Å². The maximum absolute atomic E-state index is 11.5. The summed E-state index contributed by atoms with van der Waals surface area (Å²) in [5.74, 6) is 0. The first kappa shape index (κ1) is 38.9. The molecule has 4 aromatic carbocycles. The summed E-state index contributed by atoms with van der Waals surface area (Å²) in [7, 11) is 0. The van der Waals surface area contributed by atoms with Gasteiger partial charge in [0.05, 0.1) is 51.3 Å². The molecule has 1 saturated heterocycles. The molecule has 1 aliphatic heterocycles. The highest BCUT2D eigenvalue weighted by Gasteiger charge is 2.52. The second-order valence-corrected chi connectivity index (χ2v) is 13.2. The Kier molecular flexibility index (Phi) is 14.4. The van der Waals surface area contributed by atoms with Gasteiger partial charge in [-0.3, -0.25) is 0 Å². The van der Waals surface area contributed by atoms with Gasteiger partial charge in [-0.2, -0.15) is 0 Å². The minimum Gasteiger partial charge on any atom is -0.390 e. The van der Waals surface area contributed by atoms with Gasteiger partial charge in [0.25, 0.3) is 0 Å². The van der Waals surface area contributed by atoms with Crippen molar-refractivity contribution in [2.45, 2.75) is 94.0 Å².